The molecule has 6 fully saturated rings. The van der Waals surface area contributed by atoms with Crippen LogP contribution in [0.1, 0.15) is 96.4 Å². The summed E-state index contributed by atoms with van der Waals surface area (Å²) in [5, 5.41) is 25.8. The van der Waals surface area contributed by atoms with E-state index in [0.29, 0.717) is 81.3 Å². The number of alkyl halides is 1. The Morgan fingerprint density at radius 3 is 2.29 bits per heavy atom. The number of halogens is 3. The van der Waals surface area contributed by atoms with Crippen LogP contribution in [0.25, 0.3) is 10.4 Å². The number of nitrogens with zero attached hydrogens (tertiary/aromatic N) is 9. The summed E-state index contributed by atoms with van der Waals surface area (Å²) in [5.74, 6) is -1.29. The predicted molar refractivity (Wildman–Crippen MR) is 326 cm³/mol. The van der Waals surface area contributed by atoms with E-state index in [2.05, 4.69) is 75.0 Å². The summed E-state index contributed by atoms with van der Waals surface area (Å²) in [6.45, 7) is 20.1. The number of hydrogen-bond acceptors (Lipinski definition) is 17. The minimum Gasteiger partial charge on any atom is -0.491 e. The lowest BCUT2D eigenvalue weighted by molar-refractivity contribution is -0.145. The van der Waals surface area contributed by atoms with Gasteiger partial charge in [0, 0.05) is 108 Å². The number of rotatable bonds is 21. The Labute approximate surface area is 511 Å². The monoisotopic (exact) mass is 1230 g/mol. The second-order valence-electron chi connectivity index (χ2n) is 26.5. The molecule has 2 aromatic heterocycles. The van der Waals surface area contributed by atoms with E-state index in [-0.39, 0.29) is 81.5 Å². The summed E-state index contributed by atoms with van der Waals surface area (Å²) in [6, 6.07) is 7.98. The maximum atomic E-state index is 15.8. The third-order valence-corrected chi connectivity index (χ3v) is 19.1. The first-order valence-electron chi connectivity index (χ1n) is 30.6. The molecule has 25 heteroatoms. The average Bonchev–Trinajstić information content (AvgIpc) is 1.94. The van der Waals surface area contributed by atoms with Gasteiger partial charge in [-0.2, -0.15) is 0 Å². The number of benzene rings is 2. The number of aryl methyl sites for hydroxylation is 1. The molecule has 0 bridgehead atoms. The lowest BCUT2D eigenvalue weighted by Crippen LogP contribution is -2.66. The second kappa shape index (κ2) is 26.6. The SMILES string of the molecule is Cc1ncsc1-c1ccc(CNC(=O)[C@@H]2C[C@@H](O)CN2C(=O)[C@@H](NC(=O)C2(F)CC2)C(C)(C)C)c(OCCNC(=O)CN2CCN(CCNc3cc(N4CCC5(CC4)CN(c4cc(F)c(CN6CCC(C)(C)CC6)cc4F)CC(=O)N5)ncn3)CC2)c1. The molecular formula is C62H85F3N14O7S. The summed E-state index contributed by atoms with van der Waals surface area (Å²) < 4.78 is 52.3. The normalized spacial score (nSPS) is 21.7. The maximum Gasteiger partial charge on any atom is 0.258 e. The number of likely N-dealkylation sites (tertiary alicyclic amines) is 2. The van der Waals surface area contributed by atoms with Gasteiger partial charge in [0.25, 0.3) is 5.91 Å². The van der Waals surface area contributed by atoms with E-state index in [1.165, 1.54) is 34.7 Å². The molecule has 7 heterocycles. The fraction of sp³-hybridized carbons (Fsp3) is 0.613. The Bertz CT molecular complexity index is 3130. The highest BCUT2D eigenvalue weighted by molar-refractivity contribution is 7.13. The third kappa shape index (κ3) is 15.8. The van der Waals surface area contributed by atoms with Crippen molar-refractivity contribution >= 4 is 58.2 Å². The molecule has 5 saturated heterocycles. The number of aliphatic hydroxyl groups is 1. The first kappa shape index (κ1) is 63.4. The van der Waals surface area contributed by atoms with E-state index in [0.717, 1.165) is 67.5 Å². The van der Waals surface area contributed by atoms with Crippen LogP contribution in [0.5, 0.6) is 5.75 Å². The summed E-state index contributed by atoms with van der Waals surface area (Å²) in [7, 11) is 0. The molecule has 4 aromatic rings. The third-order valence-electron chi connectivity index (χ3n) is 18.1. The molecule has 6 N–H and O–H groups in total. The largest absolute Gasteiger partial charge is 0.491 e. The number of piperazine rings is 2. The minimum atomic E-state index is -2.00. The second-order valence-corrected chi connectivity index (χ2v) is 27.3. The van der Waals surface area contributed by atoms with Gasteiger partial charge in [-0.25, -0.2) is 28.1 Å². The molecule has 1 aliphatic carbocycles. The Hall–Kier alpha value is -6.67. The zero-order valence-corrected chi connectivity index (χ0v) is 51.8. The lowest BCUT2D eigenvalue weighted by atomic mass is 9.82. The fourth-order valence-electron chi connectivity index (χ4n) is 12.4. The molecule has 1 spiro atoms. The van der Waals surface area contributed by atoms with Gasteiger partial charge in [0.15, 0.2) is 5.67 Å². The zero-order chi connectivity index (χ0) is 61.8. The van der Waals surface area contributed by atoms with Gasteiger partial charge in [-0.15, -0.1) is 11.3 Å². The van der Waals surface area contributed by atoms with Crippen LogP contribution in [-0.4, -0.2) is 203 Å². The Kier molecular flexibility index (Phi) is 19.4. The van der Waals surface area contributed by atoms with E-state index < -0.39 is 64.2 Å². The molecule has 1 saturated carbocycles. The predicted octanol–water partition coefficient (Wildman–Crippen LogP) is 4.62. The highest BCUT2D eigenvalue weighted by Crippen LogP contribution is 2.41. The van der Waals surface area contributed by atoms with Crippen molar-refractivity contribution in [3.8, 4) is 16.2 Å². The summed E-state index contributed by atoms with van der Waals surface area (Å²) in [6.07, 6.45) is 3.96. The number of aliphatic hydroxyl groups excluding tert-OH is 1. The Morgan fingerprint density at radius 2 is 1.59 bits per heavy atom. The number of aromatic nitrogens is 3. The minimum absolute atomic E-state index is 0.00891. The number of nitrogens with one attached hydrogen (secondary N) is 5. The van der Waals surface area contributed by atoms with Crippen LogP contribution in [0, 0.1) is 29.4 Å². The molecule has 21 nitrogen and oxygen atoms in total. The van der Waals surface area contributed by atoms with E-state index in [1.54, 1.807) is 31.2 Å². The summed E-state index contributed by atoms with van der Waals surface area (Å²) >= 11 is 1.49. The number of carbonyl (C=O) groups is 5. The molecular weight excluding hydrogens is 1140 g/mol. The maximum absolute atomic E-state index is 15.8. The van der Waals surface area contributed by atoms with Gasteiger partial charge in [0.1, 0.15) is 54.0 Å². The lowest BCUT2D eigenvalue weighted by Gasteiger charge is -2.48. The van der Waals surface area contributed by atoms with Crippen molar-refractivity contribution in [1.29, 1.82) is 0 Å². The van der Waals surface area contributed by atoms with E-state index >= 15 is 8.78 Å². The molecule has 472 valence electrons. The van der Waals surface area contributed by atoms with Gasteiger partial charge in [-0.3, -0.25) is 38.7 Å². The zero-order valence-electron chi connectivity index (χ0n) is 51.0. The first-order chi connectivity index (χ1) is 41.4. The number of β-amino-alcohol motifs (C(OH)–C–C–N with tert-alkyl or cyclic N) is 1. The number of hydrogen-bond donors (Lipinski definition) is 6. The van der Waals surface area contributed by atoms with Gasteiger partial charge in [-0.05, 0) is 87.1 Å². The number of amides is 5. The van der Waals surface area contributed by atoms with Crippen molar-refractivity contribution < 1.29 is 47.0 Å². The molecule has 2 aromatic carbocycles. The molecule has 0 radical (unpaired) electrons. The highest BCUT2D eigenvalue weighted by Gasteiger charge is 2.53. The van der Waals surface area contributed by atoms with Crippen LogP contribution in [-0.2, 0) is 37.1 Å². The number of thiazole rings is 1. The molecule has 3 atom stereocenters. The quantitative estimate of drug-likeness (QED) is 0.0625. The summed E-state index contributed by atoms with van der Waals surface area (Å²) in [5.41, 5.74) is 1.43. The van der Waals surface area contributed by atoms with Gasteiger partial charge in [0.2, 0.25) is 23.6 Å². The number of carbonyl (C=O) groups excluding carboxylic acids is 5. The van der Waals surface area contributed by atoms with Crippen LogP contribution in [0.4, 0.5) is 30.5 Å². The first-order valence-corrected chi connectivity index (χ1v) is 31.5. The Morgan fingerprint density at radius 1 is 0.851 bits per heavy atom. The van der Waals surface area contributed by atoms with Gasteiger partial charge >= 0.3 is 0 Å². The molecule has 10 rings (SSSR count). The fourth-order valence-corrected chi connectivity index (χ4v) is 13.2. The van der Waals surface area contributed by atoms with Gasteiger partial charge < -0.3 is 51.1 Å². The summed E-state index contributed by atoms with van der Waals surface area (Å²) in [4.78, 5) is 93.1. The smallest absolute Gasteiger partial charge is 0.258 e. The van der Waals surface area contributed by atoms with E-state index in [1.807, 2.05) is 31.2 Å². The van der Waals surface area contributed by atoms with E-state index in [9.17, 15) is 33.5 Å². The van der Waals surface area contributed by atoms with Crippen LogP contribution in [0.15, 0.2) is 48.2 Å². The number of piperidine rings is 2. The van der Waals surface area contributed by atoms with Crippen molar-refractivity contribution in [1.82, 2.24) is 55.8 Å². The number of ether oxygens (including phenoxy) is 1. The van der Waals surface area contributed by atoms with Crippen molar-refractivity contribution in [3.63, 3.8) is 0 Å². The molecule has 6 aliphatic rings. The Balaban J connectivity index is 0.644. The average molecular weight is 1230 g/mol. The molecule has 0 unspecified atom stereocenters. The van der Waals surface area contributed by atoms with Gasteiger partial charge in [0.05, 0.1) is 53.0 Å². The van der Waals surface area contributed by atoms with Crippen molar-refractivity contribution in [2.24, 2.45) is 10.8 Å². The van der Waals surface area contributed by atoms with Crippen LogP contribution < -0.4 is 41.1 Å². The van der Waals surface area contributed by atoms with Crippen LogP contribution >= 0.6 is 11.3 Å². The highest BCUT2D eigenvalue weighted by atomic mass is 32.1. The van der Waals surface area contributed by atoms with E-state index in [4.69, 9.17) is 4.74 Å². The van der Waals surface area contributed by atoms with Crippen LogP contribution in [0.3, 0.4) is 0 Å². The number of anilines is 3. The standard InChI is InChI=1S/C62H85F3N14O7S/c1-40-54(87-39-71-40)41-7-8-42(32-68-56(83)48-29-44(80)34-79(48)57(84)55(59(2,3)4)72-58(85)62(65)9-10-62)49(28-41)86-26-16-67-52(81)35-76-24-22-74(23-25-76)21-15-66-50-31-51(70-38-69-50)77-19-13-61(14-20-77)37-78(36-53(82)73-61)47-30-45(63)43(27-46(47)64)33-75-17-11-60(5,6)12-18-75/h7-8,27-28,30-31,38-39,44,48,55,80H,9-26,29,32-37H2,1-6H3,(H,67,81)(H,68,83)(H,72,85)(H,73,82)(H,66,69,70)/t44-,48+,55-/m1/s1. The van der Waals surface area contributed by atoms with Crippen LogP contribution in [0.2, 0.25) is 0 Å². The topological polar surface area (TPSA) is 233 Å². The molecule has 5 amide bonds. The van der Waals surface area contributed by atoms with Crippen molar-refractivity contribution in [2.45, 2.75) is 129 Å². The molecule has 5 aliphatic heterocycles. The van der Waals surface area contributed by atoms with Crippen molar-refractivity contribution in [3.05, 3.63) is 76.7 Å². The van der Waals surface area contributed by atoms with Crippen molar-refractivity contribution in [2.75, 3.05) is 120 Å². The molecule has 87 heavy (non-hydrogen) atoms. The van der Waals surface area contributed by atoms with Gasteiger partial charge in [-0.1, -0.05) is 46.8 Å².